The van der Waals surface area contributed by atoms with E-state index in [1.165, 1.54) is 23.4 Å². The van der Waals surface area contributed by atoms with E-state index in [-0.39, 0.29) is 17.7 Å². The Bertz CT molecular complexity index is 731. The lowest BCUT2D eigenvalue weighted by molar-refractivity contribution is -0.136. The lowest BCUT2D eigenvalue weighted by Crippen LogP contribution is -2.49. The van der Waals surface area contributed by atoms with Gasteiger partial charge in [-0.2, -0.15) is 0 Å². The van der Waals surface area contributed by atoms with Crippen LogP contribution in [0.2, 0.25) is 0 Å². The molecular weight excluding hydrogens is 384 g/mol. The molecule has 3 aliphatic rings. The number of amides is 2. The number of piperazine rings is 1. The third-order valence-corrected chi connectivity index (χ3v) is 7.73. The maximum absolute atomic E-state index is 13.0. The summed E-state index contributed by atoms with van der Waals surface area (Å²) in [6.45, 7) is 9.06. The fraction of sp³-hybridized carbons (Fsp3) is 0.773. The van der Waals surface area contributed by atoms with Crippen LogP contribution in [0, 0.1) is 11.8 Å². The van der Waals surface area contributed by atoms with E-state index in [0.717, 1.165) is 76.5 Å². The van der Waals surface area contributed by atoms with Crippen molar-refractivity contribution in [1.29, 1.82) is 0 Å². The van der Waals surface area contributed by atoms with Crippen molar-refractivity contribution < 1.29 is 9.59 Å². The lowest BCUT2D eigenvalue weighted by Gasteiger charge is -2.35. The van der Waals surface area contributed by atoms with Crippen LogP contribution in [0.25, 0.3) is 0 Å². The molecule has 4 rings (SSSR count). The Kier molecular flexibility index (Phi) is 6.42. The number of carbonyl (C=O) groups is 2. The van der Waals surface area contributed by atoms with E-state index < -0.39 is 0 Å². The fourth-order valence-corrected chi connectivity index (χ4v) is 5.98. The third-order valence-electron chi connectivity index (χ3n) is 6.55. The first-order valence-electron chi connectivity index (χ1n) is 11.3. The molecule has 2 saturated heterocycles. The van der Waals surface area contributed by atoms with E-state index in [0.29, 0.717) is 5.91 Å². The second-order valence-electron chi connectivity index (χ2n) is 9.01. The van der Waals surface area contributed by atoms with Gasteiger partial charge in [0.05, 0.1) is 5.69 Å². The van der Waals surface area contributed by atoms with Gasteiger partial charge in [-0.15, -0.1) is 11.3 Å². The molecule has 2 aliphatic heterocycles. The van der Waals surface area contributed by atoms with Crippen molar-refractivity contribution in [2.24, 2.45) is 11.8 Å². The van der Waals surface area contributed by atoms with Crippen LogP contribution in [0.5, 0.6) is 0 Å². The van der Waals surface area contributed by atoms with Crippen LogP contribution in [-0.2, 0) is 22.4 Å². The summed E-state index contributed by atoms with van der Waals surface area (Å²) in [5.41, 5.74) is 1.20. The van der Waals surface area contributed by atoms with E-state index in [9.17, 15) is 9.59 Å². The summed E-state index contributed by atoms with van der Waals surface area (Å²) < 4.78 is 0. The molecule has 3 heterocycles. The number of aryl methyl sites for hydroxylation is 1. The lowest BCUT2D eigenvalue weighted by atomic mass is 9.90. The van der Waals surface area contributed by atoms with Crippen LogP contribution in [0.4, 0.5) is 5.13 Å². The summed E-state index contributed by atoms with van der Waals surface area (Å²) >= 11 is 1.77. The molecule has 160 valence electrons. The highest BCUT2D eigenvalue weighted by Crippen LogP contribution is 2.35. The van der Waals surface area contributed by atoms with Gasteiger partial charge in [0.25, 0.3) is 0 Å². The van der Waals surface area contributed by atoms with Gasteiger partial charge in [0.2, 0.25) is 11.8 Å². The number of hydrogen-bond donors (Lipinski definition) is 0. The van der Waals surface area contributed by atoms with Gasteiger partial charge < -0.3 is 14.7 Å². The molecule has 2 fully saturated rings. The number of anilines is 1. The Morgan fingerprint density at radius 3 is 2.31 bits per heavy atom. The zero-order valence-corrected chi connectivity index (χ0v) is 18.7. The van der Waals surface area contributed by atoms with Crippen molar-refractivity contribution in [1.82, 2.24) is 14.8 Å². The second kappa shape index (κ2) is 9.02. The van der Waals surface area contributed by atoms with Crippen molar-refractivity contribution in [2.75, 3.05) is 44.2 Å². The molecule has 0 N–H and O–H groups in total. The largest absolute Gasteiger partial charge is 0.345 e. The van der Waals surface area contributed by atoms with Crippen LogP contribution in [0.3, 0.4) is 0 Å². The molecule has 1 atom stereocenters. The zero-order chi connectivity index (χ0) is 20.4. The maximum atomic E-state index is 13.0. The van der Waals surface area contributed by atoms with Crippen molar-refractivity contribution in [3.05, 3.63) is 10.6 Å². The Balaban J connectivity index is 1.36. The standard InChI is InChI=1S/C22H34N4O2S/c1-16(2)20(27)25-11-13-26(14-12-25)22-23-18-8-7-17(15-19(18)29-22)21(28)24-9-5-3-4-6-10-24/h16-17H,3-15H2,1-2H3/t17-/m1/s1. The molecule has 1 aliphatic carbocycles. The van der Waals surface area contributed by atoms with Crippen molar-refractivity contribution in [3.63, 3.8) is 0 Å². The van der Waals surface area contributed by atoms with Crippen LogP contribution in [0.15, 0.2) is 0 Å². The summed E-state index contributed by atoms with van der Waals surface area (Å²) in [5.74, 6) is 0.813. The number of aromatic nitrogens is 1. The molecule has 7 heteroatoms. The second-order valence-corrected chi connectivity index (χ2v) is 10.1. The molecule has 0 spiro atoms. The number of likely N-dealkylation sites (tertiary alicyclic amines) is 1. The fourth-order valence-electron chi connectivity index (χ4n) is 4.74. The van der Waals surface area contributed by atoms with Crippen molar-refractivity contribution >= 4 is 28.3 Å². The average Bonchev–Trinajstić information content (AvgIpc) is 2.97. The predicted molar refractivity (Wildman–Crippen MR) is 116 cm³/mol. The number of fused-ring (bicyclic) bond motifs is 1. The number of rotatable bonds is 3. The summed E-state index contributed by atoms with van der Waals surface area (Å²) in [6, 6.07) is 0. The molecule has 0 aromatic carbocycles. The molecule has 0 radical (unpaired) electrons. The summed E-state index contributed by atoms with van der Waals surface area (Å²) in [6.07, 6.45) is 7.53. The van der Waals surface area contributed by atoms with E-state index in [4.69, 9.17) is 4.98 Å². The highest BCUT2D eigenvalue weighted by atomic mass is 32.1. The van der Waals surface area contributed by atoms with Gasteiger partial charge in [-0.25, -0.2) is 4.98 Å². The first-order valence-corrected chi connectivity index (χ1v) is 12.2. The summed E-state index contributed by atoms with van der Waals surface area (Å²) in [4.78, 5) is 37.9. The molecule has 0 unspecified atom stereocenters. The van der Waals surface area contributed by atoms with Crippen LogP contribution in [-0.4, -0.2) is 65.9 Å². The highest BCUT2D eigenvalue weighted by Gasteiger charge is 2.32. The molecule has 6 nitrogen and oxygen atoms in total. The number of nitrogens with zero attached hydrogens (tertiary/aromatic N) is 4. The van der Waals surface area contributed by atoms with Crippen LogP contribution in [0.1, 0.15) is 56.5 Å². The minimum Gasteiger partial charge on any atom is -0.345 e. The van der Waals surface area contributed by atoms with Gasteiger partial charge in [0.1, 0.15) is 0 Å². The first-order chi connectivity index (χ1) is 14.0. The van der Waals surface area contributed by atoms with Gasteiger partial charge in [0.15, 0.2) is 5.13 Å². The summed E-state index contributed by atoms with van der Waals surface area (Å²) in [7, 11) is 0. The molecule has 2 amide bonds. The monoisotopic (exact) mass is 418 g/mol. The number of carbonyl (C=O) groups excluding carboxylic acids is 2. The Morgan fingerprint density at radius 2 is 1.66 bits per heavy atom. The van der Waals surface area contributed by atoms with Gasteiger partial charge >= 0.3 is 0 Å². The minimum atomic E-state index is 0.0624. The zero-order valence-electron chi connectivity index (χ0n) is 17.9. The number of thiazole rings is 1. The van der Waals surface area contributed by atoms with Crippen molar-refractivity contribution in [2.45, 2.75) is 58.8 Å². The van der Waals surface area contributed by atoms with E-state index >= 15 is 0 Å². The Morgan fingerprint density at radius 1 is 0.966 bits per heavy atom. The van der Waals surface area contributed by atoms with Gasteiger partial charge in [-0.3, -0.25) is 9.59 Å². The van der Waals surface area contributed by atoms with Gasteiger partial charge in [0, 0.05) is 56.0 Å². The summed E-state index contributed by atoms with van der Waals surface area (Å²) in [5, 5.41) is 1.08. The smallest absolute Gasteiger partial charge is 0.226 e. The molecular formula is C22H34N4O2S. The van der Waals surface area contributed by atoms with Gasteiger partial charge in [-0.1, -0.05) is 26.7 Å². The molecule has 1 aromatic rings. The van der Waals surface area contributed by atoms with E-state index in [2.05, 4.69) is 9.80 Å². The molecule has 1 aromatic heterocycles. The average molecular weight is 419 g/mol. The Labute approximate surface area is 178 Å². The molecule has 0 bridgehead atoms. The SMILES string of the molecule is CC(C)C(=O)N1CCN(c2nc3c(s2)C[C@H](C(=O)N2CCCCCC2)CC3)CC1. The third kappa shape index (κ3) is 4.60. The van der Waals surface area contributed by atoms with Gasteiger partial charge in [-0.05, 0) is 32.1 Å². The normalized spacial score (nSPS) is 23.1. The first kappa shape index (κ1) is 20.6. The van der Waals surface area contributed by atoms with Crippen LogP contribution >= 0.6 is 11.3 Å². The Hall–Kier alpha value is -1.63. The molecule has 0 saturated carbocycles. The highest BCUT2D eigenvalue weighted by molar-refractivity contribution is 7.15. The van der Waals surface area contributed by atoms with E-state index in [1.807, 2.05) is 18.7 Å². The predicted octanol–water partition coefficient (Wildman–Crippen LogP) is 2.96. The van der Waals surface area contributed by atoms with Crippen LogP contribution < -0.4 is 4.90 Å². The topological polar surface area (TPSA) is 56.8 Å². The number of hydrogen-bond acceptors (Lipinski definition) is 5. The minimum absolute atomic E-state index is 0.0624. The molecule has 29 heavy (non-hydrogen) atoms. The van der Waals surface area contributed by atoms with Crippen molar-refractivity contribution in [3.8, 4) is 0 Å². The quantitative estimate of drug-likeness (QED) is 0.757. The van der Waals surface area contributed by atoms with E-state index in [1.54, 1.807) is 11.3 Å². The maximum Gasteiger partial charge on any atom is 0.226 e.